The second-order valence-corrected chi connectivity index (χ2v) is 7.64. The van der Waals surface area contributed by atoms with E-state index in [2.05, 4.69) is 48.6 Å². The van der Waals surface area contributed by atoms with Crippen LogP contribution in [-0.2, 0) is 11.3 Å². The number of guanidine groups is 1. The summed E-state index contributed by atoms with van der Waals surface area (Å²) >= 11 is 3.45. The molecule has 1 aromatic carbocycles. The molecule has 6 heteroatoms. The standard InChI is InChI=1S/C18H29BrN4O/c1-6-20-17(22-12-11-21-16(24)18(2,3)4)23(5)13-14-7-9-15(19)10-8-14/h7-10H,6,11-13H2,1-5H3,(H,20,22)(H,21,24). The van der Waals surface area contributed by atoms with Crippen molar-refractivity contribution in [3.05, 3.63) is 34.3 Å². The Labute approximate surface area is 154 Å². The third kappa shape index (κ3) is 7.34. The van der Waals surface area contributed by atoms with Crippen LogP contribution in [0.4, 0.5) is 0 Å². The van der Waals surface area contributed by atoms with Gasteiger partial charge in [0.15, 0.2) is 5.96 Å². The molecule has 0 aliphatic heterocycles. The molecule has 0 heterocycles. The number of rotatable bonds is 6. The van der Waals surface area contributed by atoms with Gasteiger partial charge in [-0.25, -0.2) is 0 Å². The summed E-state index contributed by atoms with van der Waals surface area (Å²) in [6.45, 7) is 10.4. The molecule has 0 spiro atoms. The average Bonchev–Trinajstić information content (AvgIpc) is 2.51. The minimum absolute atomic E-state index is 0.0471. The second kappa shape index (κ2) is 9.67. The van der Waals surface area contributed by atoms with Crippen LogP contribution >= 0.6 is 15.9 Å². The highest BCUT2D eigenvalue weighted by molar-refractivity contribution is 9.10. The lowest BCUT2D eigenvalue weighted by atomic mass is 9.96. The fourth-order valence-electron chi connectivity index (χ4n) is 2.00. The highest BCUT2D eigenvalue weighted by atomic mass is 79.9. The van der Waals surface area contributed by atoms with Gasteiger partial charge in [-0.15, -0.1) is 0 Å². The van der Waals surface area contributed by atoms with E-state index in [1.165, 1.54) is 5.56 Å². The zero-order valence-corrected chi connectivity index (χ0v) is 16.9. The molecule has 0 atom stereocenters. The first-order valence-electron chi connectivity index (χ1n) is 8.26. The van der Waals surface area contributed by atoms with Crippen LogP contribution < -0.4 is 10.6 Å². The number of nitrogens with zero attached hydrogens (tertiary/aromatic N) is 2. The molecule has 1 rings (SSSR count). The Bertz CT molecular complexity index is 549. The molecule has 24 heavy (non-hydrogen) atoms. The van der Waals surface area contributed by atoms with E-state index in [1.54, 1.807) is 0 Å². The summed E-state index contributed by atoms with van der Waals surface area (Å²) in [5.41, 5.74) is 0.847. The Hall–Kier alpha value is -1.56. The van der Waals surface area contributed by atoms with Gasteiger partial charge in [-0.2, -0.15) is 0 Å². The zero-order chi connectivity index (χ0) is 18.2. The van der Waals surface area contributed by atoms with Gasteiger partial charge < -0.3 is 15.5 Å². The summed E-state index contributed by atoms with van der Waals surface area (Å²) in [5.74, 6) is 0.886. The minimum Gasteiger partial charge on any atom is -0.357 e. The quantitative estimate of drug-likeness (QED) is 0.441. The van der Waals surface area contributed by atoms with Crippen molar-refractivity contribution < 1.29 is 4.79 Å². The lowest BCUT2D eigenvalue weighted by Gasteiger charge is -2.22. The molecule has 1 aromatic rings. The van der Waals surface area contributed by atoms with Crippen molar-refractivity contribution in [3.63, 3.8) is 0 Å². The van der Waals surface area contributed by atoms with Gasteiger partial charge >= 0.3 is 0 Å². The Kier molecular flexibility index (Phi) is 8.25. The maximum atomic E-state index is 11.8. The van der Waals surface area contributed by atoms with E-state index in [0.29, 0.717) is 13.1 Å². The maximum absolute atomic E-state index is 11.8. The van der Waals surface area contributed by atoms with E-state index in [1.807, 2.05) is 46.9 Å². The van der Waals surface area contributed by atoms with Crippen molar-refractivity contribution in [3.8, 4) is 0 Å². The first-order chi connectivity index (χ1) is 11.2. The molecule has 2 N–H and O–H groups in total. The highest BCUT2D eigenvalue weighted by Gasteiger charge is 2.20. The van der Waals surface area contributed by atoms with Crippen LogP contribution in [0.1, 0.15) is 33.3 Å². The van der Waals surface area contributed by atoms with Gasteiger partial charge in [0, 0.05) is 36.6 Å². The number of carbonyl (C=O) groups excluding carboxylic acids is 1. The summed E-state index contributed by atoms with van der Waals surface area (Å²) in [4.78, 5) is 18.5. The lowest BCUT2D eigenvalue weighted by Crippen LogP contribution is -2.40. The molecule has 134 valence electrons. The van der Waals surface area contributed by atoms with Crippen molar-refractivity contribution in [1.29, 1.82) is 0 Å². The van der Waals surface area contributed by atoms with Crippen molar-refractivity contribution in [1.82, 2.24) is 15.5 Å². The summed E-state index contributed by atoms with van der Waals surface area (Å²) in [5, 5.41) is 6.20. The van der Waals surface area contributed by atoms with Crippen molar-refractivity contribution >= 4 is 27.8 Å². The largest absolute Gasteiger partial charge is 0.357 e. The summed E-state index contributed by atoms with van der Waals surface area (Å²) < 4.78 is 1.07. The smallest absolute Gasteiger partial charge is 0.225 e. The molecule has 1 amide bonds. The van der Waals surface area contributed by atoms with Crippen LogP contribution in [0.3, 0.4) is 0 Å². The van der Waals surface area contributed by atoms with Gasteiger partial charge in [-0.05, 0) is 24.6 Å². The minimum atomic E-state index is -0.368. The van der Waals surface area contributed by atoms with E-state index in [0.717, 1.165) is 23.5 Å². The third-order valence-corrected chi connectivity index (χ3v) is 3.90. The molecule has 0 aliphatic carbocycles. The number of benzene rings is 1. The van der Waals surface area contributed by atoms with Crippen LogP contribution in [0.5, 0.6) is 0 Å². The average molecular weight is 397 g/mol. The number of nitrogens with one attached hydrogen (secondary N) is 2. The Morgan fingerprint density at radius 3 is 2.38 bits per heavy atom. The number of carbonyl (C=O) groups is 1. The number of amides is 1. The molecular formula is C18H29BrN4O. The van der Waals surface area contributed by atoms with Gasteiger partial charge in [0.05, 0.1) is 6.54 Å². The number of aliphatic imine (C=N–C) groups is 1. The Morgan fingerprint density at radius 2 is 1.83 bits per heavy atom. The molecule has 0 unspecified atom stereocenters. The van der Waals surface area contributed by atoms with Crippen LogP contribution in [-0.4, -0.2) is 43.4 Å². The fraction of sp³-hybridized carbons (Fsp3) is 0.556. The first kappa shape index (κ1) is 20.5. The Morgan fingerprint density at radius 1 is 1.21 bits per heavy atom. The van der Waals surface area contributed by atoms with Gasteiger partial charge in [0.1, 0.15) is 0 Å². The summed E-state index contributed by atoms with van der Waals surface area (Å²) in [6.07, 6.45) is 0. The molecule has 0 radical (unpaired) electrons. The molecule has 0 bridgehead atoms. The van der Waals surface area contributed by atoms with E-state index in [9.17, 15) is 4.79 Å². The normalized spacial score (nSPS) is 12.0. The fourth-order valence-corrected chi connectivity index (χ4v) is 2.27. The molecular weight excluding hydrogens is 368 g/mol. The number of hydrogen-bond acceptors (Lipinski definition) is 2. The zero-order valence-electron chi connectivity index (χ0n) is 15.3. The lowest BCUT2D eigenvalue weighted by molar-refractivity contribution is -0.128. The molecule has 0 saturated carbocycles. The summed E-state index contributed by atoms with van der Waals surface area (Å²) in [7, 11) is 2.01. The predicted octanol–water partition coefficient (Wildman–Crippen LogP) is 3.01. The molecule has 0 aliphatic rings. The molecule has 0 saturated heterocycles. The van der Waals surface area contributed by atoms with Gasteiger partial charge in [-0.1, -0.05) is 48.8 Å². The second-order valence-electron chi connectivity index (χ2n) is 6.72. The first-order valence-corrected chi connectivity index (χ1v) is 9.05. The maximum Gasteiger partial charge on any atom is 0.225 e. The Balaban J connectivity index is 2.57. The molecule has 0 aromatic heterocycles. The van der Waals surface area contributed by atoms with Crippen molar-refractivity contribution in [2.24, 2.45) is 10.4 Å². The predicted molar refractivity (Wildman–Crippen MR) is 104 cm³/mol. The van der Waals surface area contributed by atoms with Crippen molar-refractivity contribution in [2.45, 2.75) is 34.2 Å². The highest BCUT2D eigenvalue weighted by Crippen LogP contribution is 2.12. The van der Waals surface area contributed by atoms with Gasteiger partial charge in [0.25, 0.3) is 0 Å². The van der Waals surface area contributed by atoms with E-state index >= 15 is 0 Å². The summed E-state index contributed by atoms with van der Waals surface area (Å²) in [6, 6.07) is 8.26. The van der Waals surface area contributed by atoms with Gasteiger partial charge in [-0.3, -0.25) is 9.79 Å². The van der Waals surface area contributed by atoms with E-state index in [4.69, 9.17) is 0 Å². The number of halogens is 1. The van der Waals surface area contributed by atoms with Gasteiger partial charge in [0.2, 0.25) is 5.91 Å². The van der Waals surface area contributed by atoms with Crippen LogP contribution in [0.15, 0.2) is 33.7 Å². The monoisotopic (exact) mass is 396 g/mol. The van der Waals surface area contributed by atoms with Crippen molar-refractivity contribution in [2.75, 3.05) is 26.7 Å². The van der Waals surface area contributed by atoms with Crippen LogP contribution in [0, 0.1) is 5.41 Å². The molecule has 0 fully saturated rings. The van der Waals surface area contributed by atoms with E-state index < -0.39 is 0 Å². The SMILES string of the molecule is CCNC(=NCCNC(=O)C(C)(C)C)N(C)Cc1ccc(Br)cc1. The number of hydrogen-bond donors (Lipinski definition) is 2. The topological polar surface area (TPSA) is 56.7 Å². The molecule has 5 nitrogen and oxygen atoms in total. The third-order valence-electron chi connectivity index (χ3n) is 3.37. The van der Waals surface area contributed by atoms with E-state index in [-0.39, 0.29) is 11.3 Å². The van der Waals surface area contributed by atoms with Crippen LogP contribution in [0.2, 0.25) is 0 Å². The van der Waals surface area contributed by atoms with Crippen LogP contribution in [0.25, 0.3) is 0 Å².